The normalized spacial score (nSPS) is 21.4. The largest absolute Gasteiger partial charge is 0.348 e. The molecule has 0 unspecified atom stereocenters. The molecule has 1 fully saturated rings. The molecule has 0 bridgehead atoms. The summed E-state index contributed by atoms with van der Waals surface area (Å²) < 4.78 is 22.7. The van der Waals surface area contributed by atoms with E-state index in [2.05, 4.69) is 5.32 Å². The van der Waals surface area contributed by atoms with Crippen molar-refractivity contribution in [2.45, 2.75) is 19.4 Å². The summed E-state index contributed by atoms with van der Waals surface area (Å²) >= 11 is 1.45. The van der Waals surface area contributed by atoms with Crippen molar-refractivity contribution >= 4 is 33.2 Å². The van der Waals surface area contributed by atoms with Gasteiger partial charge in [-0.15, -0.1) is 11.3 Å². The van der Waals surface area contributed by atoms with E-state index in [0.29, 0.717) is 6.42 Å². The summed E-state index contributed by atoms with van der Waals surface area (Å²) in [6.45, 7) is 1.90. The Hall–Kier alpha value is -1.65. The zero-order chi connectivity index (χ0) is 14.8. The number of carbonyl (C=O) groups excluding carboxylic acids is 1. The van der Waals surface area contributed by atoms with Gasteiger partial charge in [0.05, 0.1) is 11.5 Å². The highest BCUT2D eigenvalue weighted by molar-refractivity contribution is 7.91. The fraction of sp³-hybridized carbons (Fsp3) is 0.385. The molecular formula is C13H14N2O3S2. The first kappa shape index (κ1) is 14.8. The molecule has 0 spiro atoms. The van der Waals surface area contributed by atoms with Gasteiger partial charge in [-0.3, -0.25) is 4.79 Å². The molecule has 0 radical (unpaired) electrons. The first-order valence-electron chi connectivity index (χ1n) is 6.08. The fourth-order valence-corrected chi connectivity index (χ4v) is 4.52. The molecule has 1 saturated heterocycles. The SMILES string of the molecule is Cc1ccsc1/C=C(/C#N)C(=O)N[C@H]1CCS(=O)(=O)C1. The van der Waals surface area contributed by atoms with Crippen molar-refractivity contribution in [3.63, 3.8) is 0 Å². The van der Waals surface area contributed by atoms with E-state index in [0.717, 1.165) is 10.4 Å². The fourth-order valence-electron chi connectivity index (χ4n) is 1.98. The number of carbonyl (C=O) groups is 1. The minimum Gasteiger partial charge on any atom is -0.348 e. The van der Waals surface area contributed by atoms with Gasteiger partial charge in [-0.25, -0.2) is 8.42 Å². The topological polar surface area (TPSA) is 87.0 Å². The maximum atomic E-state index is 12.0. The molecule has 20 heavy (non-hydrogen) atoms. The second-order valence-electron chi connectivity index (χ2n) is 4.71. The smallest absolute Gasteiger partial charge is 0.262 e. The van der Waals surface area contributed by atoms with Gasteiger partial charge in [-0.1, -0.05) is 0 Å². The Balaban J connectivity index is 2.10. The monoisotopic (exact) mass is 310 g/mol. The molecular weight excluding hydrogens is 296 g/mol. The van der Waals surface area contributed by atoms with E-state index < -0.39 is 21.8 Å². The molecule has 2 rings (SSSR count). The van der Waals surface area contributed by atoms with Crippen molar-refractivity contribution in [1.82, 2.24) is 5.32 Å². The van der Waals surface area contributed by atoms with Gasteiger partial charge in [0, 0.05) is 10.9 Å². The maximum Gasteiger partial charge on any atom is 0.262 e. The quantitative estimate of drug-likeness (QED) is 0.672. The second-order valence-corrected chi connectivity index (χ2v) is 7.89. The van der Waals surface area contributed by atoms with E-state index in [1.54, 1.807) is 6.08 Å². The average molecular weight is 310 g/mol. The minimum absolute atomic E-state index is 0.000141. The average Bonchev–Trinajstić information content (AvgIpc) is 2.92. The molecule has 1 atom stereocenters. The van der Waals surface area contributed by atoms with Gasteiger partial charge in [0.25, 0.3) is 5.91 Å². The number of thiophene rings is 1. The van der Waals surface area contributed by atoms with Crippen molar-refractivity contribution in [3.8, 4) is 6.07 Å². The Morgan fingerprint density at radius 2 is 2.35 bits per heavy atom. The van der Waals surface area contributed by atoms with Crippen LogP contribution in [0, 0.1) is 18.3 Å². The molecule has 1 aliphatic rings. The predicted molar refractivity (Wildman–Crippen MR) is 77.8 cm³/mol. The van der Waals surface area contributed by atoms with Crippen LogP contribution in [0.5, 0.6) is 0 Å². The summed E-state index contributed by atoms with van der Waals surface area (Å²) in [5, 5.41) is 13.6. The molecule has 2 heterocycles. The summed E-state index contributed by atoms with van der Waals surface area (Å²) in [7, 11) is -3.05. The number of nitriles is 1. The van der Waals surface area contributed by atoms with Crippen molar-refractivity contribution in [3.05, 3.63) is 27.5 Å². The highest BCUT2D eigenvalue weighted by Gasteiger charge is 2.29. The molecule has 7 heteroatoms. The highest BCUT2D eigenvalue weighted by atomic mass is 32.2. The van der Waals surface area contributed by atoms with E-state index in [4.69, 9.17) is 5.26 Å². The van der Waals surface area contributed by atoms with Gasteiger partial charge in [-0.2, -0.15) is 5.26 Å². The van der Waals surface area contributed by atoms with Gasteiger partial charge in [0.15, 0.2) is 9.84 Å². The van der Waals surface area contributed by atoms with E-state index in [-0.39, 0.29) is 17.1 Å². The summed E-state index contributed by atoms with van der Waals surface area (Å²) in [5.41, 5.74) is 0.999. The van der Waals surface area contributed by atoms with E-state index in [1.165, 1.54) is 11.3 Å². The number of nitrogens with one attached hydrogen (secondary N) is 1. The molecule has 1 N–H and O–H groups in total. The van der Waals surface area contributed by atoms with Crippen molar-refractivity contribution in [2.24, 2.45) is 0 Å². The van der Waals surface area contributed by atoms with Gasteiger partial charge in [-0.05, 0) is 36.4 Å². The van der Waals surface area contributed by atoms with Crippen LogP contribution in [0.3, 0.4) is 0 Å². The van der Waals surface area contributed by atoms with Crippen LogP contribution in [-0.4, -0.2) is 31.9 Å². The number of amides is 1. The van der Waals surface area contributed by atoms with Crippen molar-refractivity contribution in [2.75, 3.05) is 11.5 Å². The van der Waals surface area contributed by atoms with Crippen LogP contribution in [0.15, 0.2) is 17.0 Å². The molecule has 1 amide bonds. The second kappa shape index (κ2) is 5.77. The van der Waals surface area contributed by atoms with Crippen molar-refractivity contribution in [1.29, 1.82) is 5.26 Å². The summed E-state index contributed by atoms with van der Waals surface area (Å²) in [4.78, 5) is 12.8. The molecule has 0 aliphatic carbocycles. The lowest BCUT2D eigenvalue weighted by Gasteiger charge is -2.09. The molecule has 1 aromatic heterocycles. The summed E-state index contributed by atoms with van der Waals surface area (Å²) in [6, 6.07) is 3.38. The lowest BCUT2D eigenvalue weighted by Crippen LogP contribution is -2.36. The lowest BCUT2D eigenvalue weighted by atomic mass is 10.1. The highest BCUT2D eigenvalue weighted by Crippen LogP contribution is 2.19. The van der Waals surface area contributed by atoms with Gasteiger partial charge in [0.1, 0.15) is 11.6 Å². The third-order valence-electron chi connectivity index (χ3n) is 3.11. The zero-order valence-electron chi connectivity index (χ0n) is 10.9. The third-order valence-corrected chi connectivity index (χ3v) is 5.84. The molecule has 106 valence electrons. The van der Waals surface area contributed by atoms with E-state index in [9.17, 15) is 13.2 Å². The van der Waals surface area contributed by atoms with E-state index in [1.807, 2.05) is 24.4 Å². The number of nitrogens with zero attached hydrogens (tertiary/aromatic N) is 1. The van der Waals surface area contributed by atoms with E-state index >= 15 is 0 Å². The van der Waals surface area contributed by atoms with Crippen molar-refractivity contribution < 1.29 is 13.2 Å². The number of sulfone groups is 1. The number of aryl methyl sites for hydroxylation is 1. The maximum absolute atomic E-state index is 12.0. The van der Waals surface area contributed by atoms with Gasteiger partial charge in [0.2, 0.25) is 0 Å². The van der Waals surface area contributed by atoms with Crippen LogP contribution in [0.2, 0.25) is 0 Å². The Kier molecular flexibility index (Phi) is 4.26. The molecule has 1 aliphatic heterocycles. The minimum atomic E-state index is -3.05. The Morgan fingerprint density at radius 3 is 2.85 bits per heavy atom. The molecule has 0 aromatic carbocycles. The Bertz CT molecular complexity index is 695. The van der Waals surface area contributed by atoms with Gasteiger partial charge < -0.3 is 5.32 Å². The molecule has 1 aromatic rings. The van der Waals surface area contributed by atoms with Crippen LogP contribution >= 0.6 is 11.3 Å². The Morgan fingerprint density at radius 1 is 1.60 bits per heavy atom. The van der Waals surface area contributed by atoms with Gasteiger partial charge >= 0.3 is 0 Å². The van der Waals surface area contributed by atoms with Crippen LogP contribution in [0.4, 0.5) is 0 Å². The zero-order valence-corrected chi connectivity index (χ0v) is 12.6. The number of rotatable bonds is 3. The number of hydrogen-bond donors (Lipinski definition) is 1. The summed E-state index contributed by atoms with van der Waals surface area (Å²) in [6.07, 6.45) is 1.95. The predicted octanol–water partition coefficient (Wildman–Crippen LogP) is 1.27. The first-order chi connectivity index (χ1) is 9.41. The van der Waals surface area contributed by atoms with Crippen LogP contribution < -0.4 is 5.32 Å². The Labute approximate surface area is 121 Å². The van der Waals surface area contributed by atoms with Crippen LogP contribution in [0.25, 0.3) is 6.08 Å². The van der Waals surface area contributed by atoms with Crippen LogP contribution in [0.1, 0.15) is 16.9 Å². The molecule has 5 nitrogen and oxygen atoms in total. The summed E-state index contributed by atoms with van der Waals surface area (Å²) in [5.74, 6) is -0.467. The molecule has 0 saturated carbocycles. The lowest BCUT2D eigenvalue weighted by molar-refractivity contribution is -0.117. The number of hydrogen-bond acceptors (Lipinski definition) is 5. The van der Waals surface area contributed by atoms with Crippen LogP contribution in [-0.2, 0) is 14.6 Å². The third kappa shape index (κ3) is 3.46. The first-order valence-corrected chi connectivity index (χ1v) is 8.78. The standard InChI is InChI=1S/C13H14N2O3S2/c1-9-2-4-19-12(9)6-10(7-14)13(16)15-11-3-5-20(17,18)8-11/h2,4,6,11H,3,5,8H2,1H3,(H,15,16)/b10-6-/t11-/m0/s1.